The molecular formula is C14H18N2O. The second kappa shape index (κ2) is 6.11. The lowest BCUT2D eigenvalue weighted by Gasteiger charge is -2.07. The zero-order chi connectivity index (χ0) is 11.9. The van der Waals surface area contributed by atoms with Crippen molar-refractivity contribution in [3.05, 3.63) is 53.9 Å². The first-order chi connectivity index (χ1) is 8.34. The lowest BCUT2D eigenvalue weighted by Crippen LogP contribution is -2.20. The molecule has 1 aromatic heterocycles. The van der Waals surface area contributed by atoms with Crippen LogP contribution in [0.1, 0.15) is 11.1 Å². The van der Waals surface area contributed by atoms with Crippen LogP contribution in [-0.2, 0) is 6.54 Å². The molecule has 0 saturated carbocycles. The van der Waals surface area contributed by atoms with E-state index in [9.17, 15) is 0 Å². The summed E-state index contributed by atoms with van der Waals surface area (Å²) in [5, 5.41) is 3.33. The fraction of sp³-hybridized carbons (Fsp3) is 0.286. The van der Waals surface area contributed by atoms with Crippen molar-refractivity contribution in [3.63, 3.8) is 0 Å². The molecule has 0 saturated heterocycles. The van der Waals surface area contributed by atoms with Gasteiger partial charge < -0.3 is 15.0 Å². The maximum atomic E-state index is 5.64. The Morgan fingerprint density at radius 1 is 1.29 bits per heavy atom. The third-order valence-electron chi connectivity index (χ3n) is 2.53. The Bertz CT molecular complexity index is 437. The number of hydrogen-bond acceptors (Lipinski definition) is 2. The topological polar surface area (TPSA) is 37.0 Å². The largest absolute Gasteiger partial charge is 0.492 e. The zero-order valence-electron chi connectivity index (χ0n) is 10.1. The molecule has 2 rings (SSSR count). The molecule has 0 radical (unpaired) electrons. The van der Waals surface area contributed by atoms with Gasteiger partial charge in [-0.2, -0.15) is 0 Å². The minimum atomic E-state index is 0.688. The molecule has 0 unspecified atom stereocenters. The number of nitrogens with one attached hydrogen (secondary N) is 2. The second-order valence-corrected chi connectivity index (χ2v) is 4.06. The van der Waals surface area contributed by atoms with Crippen molar-refractivity contribution in [3.8, 4) is 5.75 Å². The van der Waals surface area contributed by atoms with Gasteiger partial charge in [-0.15, -0.1) is 0 Å². The highest BCUT2D eigenvalue weighted by Gasteiger charge is 1.94. The summed E-state index contributed by atoms with van der Waals surface area (Å²) in [6.07, 6.45) is 3.93. The quantitative estimate of drug-likeness (QED) is 0.748. The van der Waals surface area contributed by atoms with Gasteiger partial charge in [0.05, 0.1) is 0 Å². The average Bonchev–Trinajstić information content (AvgIpc) is 2.82. The van der Waals surface area contributed by atoms with Crippen LogP contribution < -0.4 is 10.1 Å². The van der Waals surface area contributed by atoms with Crippen LogP contribution in [0.25, 0.3) is 0 Å². The predicted molar refractivity (Wildman–Crippen MR) is 69.2 cm³/mol. The third-order valence-corrected chi connectivity index (χ3v) is 2.53. The smallest absolute Gasteiger partial charge is 0.119 e. The van der Waals surface area contributed by atoms with Gasteiger partial charge in [0.1, 0.15) is 12.4 Å². The molecular weight excluding hydrogens is 212 g/mol. The Balaban J connectivity index is 1.63. The third kappa shape index (κ3) is 3.96. The fourth-order valence-corrected chi connectivity index (χ4v) is 1.65. The minimum Gasteiger partial charge on any atom is -0.492 e. The van der Waals surface area contributed by atoms with Crippen molar-refractivity contribution in [2.24, 2.45) is 0 Å². The molecule has 2 N–H and O–H groups in total. The molecule has 1 aromatic carbocycles. The molecule has 0 bridgehead atoms. The Hall–Kier alpha value is -1.74. The predicted octanol–water partition coefficient (Wildman–Crippen LogP) is 2.49. The summed E-state index contributed by atoms with van der Waals surface area (Å²) >= 11 is 0. The first kappa shape index (κ1) is 11.7. The van der Waals surface area contributed by atoms with E-state index in [4.69, 9.17) is 4.74 Å². The maximum absolute atomic E-state index is 5.64. The first-order valence-electron chi connectivity index (χ1n) is 5.86. The van der Waals surface area contributed by atoms with E-state index in [0.29, 0.717) is 6.61 Å². The minimum absolute atomic E-state index is 0.688. The van der Waals surface area contributed by atoms with Crippen LogP contribution >= 0.6 is 0 Å². The van der Waals surface area contributed by atoms with E-state index >= 15 is 0 Å². The van der Waals surface area contributed by atoms with Crippen molar-refractivity contribution in [2.45, 2.75) is 13.5 Å². The summed E-state index contributed by atoms with van der Waals surface area (Å²) in [4.78, 5) is 3.03. The Morgan fingerprint density at radius 2 is 2.24 bits per heavy atom. The van der Waals surface area contributed by atoms with E-state index in [0.717, 1.165) is 18.8 Å². The van der Waals surface area contributed by atoms with Crippen molar-refractivity contribution in [1.82, 2.24) is 10.3 Å². The van der Waals surface area contributed by atoms with E-state index in [1.54, 1.807) is 0 Å². The highest BCUT2D eigenvalue weighted by molar-refractivity contribution is 5.27. The normalized spacial score (nSPS) is 10.4. The van der Waals surface area contributed by atoms with Gasteiger partial charge in [-0.3, -0.25) is 0 Å². The van der Waals surface area contributed by atoms with Crippen LogP contribution in [0.5, 0.6) is 5.75 Å². The second-order valence-electron chi connectivity index (χ2n) is 4.06. The van der Waals surface area contributed by atoms with Gasteiger partial charge in [0.25, 0.3) is 0 Å². The Kier molecular flexibility index (Phi) is 4.22. The van der Waals surface area contributed by atoms with Gasteiger partial charge in [0.15, 0.2) is 0 Å². The van der Waals surface area contributed by atoms with Crippen LogP contribution in [0, 0.1) is 6.92 Å². The monoisotopic (exact) mass is 230 g/mol. The van der Waals surface area contributed by atoms with E-state index in [2.05, 4.69) is 29.4 Å². The molecule has 2 aromatic rings. The molecule has 0 atom stereocenters. The SMILES string of the molecule is Cc1cccc(OCCNCc2cc[nH]c2)c1. The molecule has 0 spiro atoms. The summed E-state index contributed by atoms with van der Waals surface area (Å²) in [7, 11) is 0. The molecule has 90 valence electrons. The van der Waals surface area contributed by atoms with Crippen LogP contribution in [0.3, 0.4) is 0 Å². The number of hydrogen-bond donors (Lipinski definition) is 2. The lowest BCUT2D eigenvalue weighted by molar-refractivity contribution is 0.313. The number of ether oxygens (including phenoxy) is 1. The molecule has 17 heavy (non-hydrogen) atoms. The zero-order valence-corrected chi connectivity index (χ0v) is 10.1. The van der Waals surface area contributed by atoms with E-state index in [-0.39, 0.29) is 0 Å². The van der Waals surface area contributed by atoms with Crippen molar-refractivity contribution < 1.29 is 4.74 Å². The van der Waals surface area contributed by atoms with Gasteiger partial charge in [0, 0.05) is 25.5 Å². The van der Waals surface area contributed by atoms with Gasteiger partial charge in [0.2, 0.25) is 0 Å². The Morgan fingerprint density at radius 3 is 3.00 bits per heavy atom. The highest BCUT2D eigenvalue weighted by Crippen LogP contribution is 2.11. The molecule has 0 aliphatic rings. The summed E-state index contributed by atoms with van der Waals surface area (Å²) in [6.45, 7) is 4.48. The van der Waals surface area contributed by atoms with Crippen molar-refractivity contribution in [1.29, 1.82) is 0 Å². The standard InChI is InChI=1S/C14H18N2O/c1-12-3-2-4-14(9-12)17-8-7-16-11-13-5-6-15-10-13/h2-6,9-10,15-16H,7-8,11H2,1H3. The van der Waals surface area contributed by atoms with Crippen molar-refractivity contribution >= 4 is 0 Å². The summed E-state index contributed by atoms with van der Waals surface area (Å²) in [5.41, 5.74) is 2.49. The molecule has 0 aliphatic heterocycles. The van der Waals surface area contributed by atoms with Gasteiger partial charge in [-0.05, 0) is 36.2 Å². The van der Waals surface area contributed by atoms with E-state index in [1.165, 1.54) is 11.1 Å². The van der Waals surface area contributed by atoms with Crippen LogP contribution in [-0.4, -0.2) is 18.1 Å². The van der Waals surface area contributed by atoms with Gasteiger partial charge in [-0.1, -0.05) is 12.1 Å². The average molecular weight is 230 g/mol. The number of H-pyrrole nitrogens is 1. The first-order valence-corrected chi connectivity index (χ1v) is 5.86. The Labute approximate surface area is 102 Å². The van der Waals surface area contributed by atoms with Crippen LogP contribution in [0.4, 0.5) is 0 Å². The van der Waals surface area contributed by atoms with Crippen LogP contribution in [0.2, 0.25) is 0 Å². The molecule has 3 nitrogen and oxygen atoms in total. The number of benzene rings is 1. The summed E-state index contributed by atoms with van der Waals surface area (Å²) in [6, 6.07) is 10.2. The van der Waals surface area contributed by atoms with Gasteiger partial charge >= 0.3 is 0 Å². The molecule has 3 heteroatoms. The number of aromatic amines is 1. The molecule has 0 aliphatic carbocycles. The maximum Gasteiger partial charge on any atom is 0.119 e. The fourth-order valence-electron chi connectivity index (χ4n) is 1.65. The lowest BCUT2D eigenvalue weighted by atomic mass is 10.2. The molecule has 0 fully saturated rings. The van der Waals surface area contributed by atoms with E-state index < -0.39 is 0 Å². The number of aryl methyl sites for hydroxylation is 1. The van der Waals surface area contributed by atoms with Gasteiger partial charge in [-0.25, -0.2) is 0 Å². The summed E-state index contributed by atoms with van der Waals surface area (Å²) in [5.74, 6) is 0.938. The molecule has 1 heterocycles. The van der Waals surface area contributed by atoms with Crippen LogP contribution in [0.15, 0.2) is 42.7 Å². The van der Waals surface area contributed by atoms with Crippen molar-refractivity contribution in [2.75, 3.05) is 13.2 Å². The number of rotatable bonds is 6. The molecule has 0 amide bonds. The van der Waals surface area contributed by atoms with E-state index in [1.807, 2.05) is 30.6 Å². The summed E-state index contributed by atoms with van der Waals surface area (Å²) < 4.78 is 5.64. The highest BCUT2D eigenvalue weighted by atomic mass is 16.5. The number of aromatic nitrogens is 1.